The van der Waals surface area contributed by atoms with Gasteiger partial charge in [-0.1, -0.05) is 0 Å². The summed E-state index contributed by atoms with van der Waals surface area (Å²) in [4.78, 5) is 12.4. The summed E-state index contributed by atoms with van der Waals surface area (Å²) in [6, 6.07) is 6.63. The molecule has 21 heavy (non-hydrogen) atoms. The second-order valence-corrected chi connectivity index (χ2v) is 4.96. The topological polar surface area (TPSA) is 52.3 Å². The van der Waals surface area contributed by atoms with Gasteiger partial charge in [-0.05, 0) is 42.7 Å². The molecule has 0 saturated heterocycles. The first-order chi connectivity index (χ1) is 10.1. The molecule has 3 nitrogen and oxygen atoms in total. The van der Waals surface area contributed by atoms with Gasteiger partial charge in [0.1, 0.15) is 17.4 Å². The van der Waals surface area contributed by atoms with Gasteiger partial charge in [-0.3, -0.25) is 4.79 Å². The Balaban J connectivity index is 2.01. The van der Waals surface area contributed by atoms with Crippen LogP contribution in [-0.2, 0) is 6.42 Å². The van der Waals surface area contributed by atoms with Crippen LogP contribution in [0.5, 0.6) is 5.75 Å². The zero-order valence-corrected chi connectivity index (χ0v) is 11.2. The summed E-state index contributed by atoms with van der Waals surface area (Å²) in [5.41, 5.74) is 6.18. The van der Waals surface area contributed by atoms with Gasteiger partial charge in [-0.2, -0.15) is 0 Å². The summed E-state index contributed by atoms with van der Waals surface area (Å²) in [5.74, 6) is -1.56. The van der Waals surface area contributed by atoms with Crippen LogP contribution in [0.3, 0.4) is 0 Å². The zero-order chi connectivity index (χ0) is 15.0. The van der Waals surface area contributed by atoms with Crippen LogP contribution in [-0.4, -0.2) is 12.4 Å². The highest BCUT2D eigenvalue weighted by Crippen LogP contribution is 2.27. The fourth-order valence-electron chi connectivity index (χ4n) is 2.40. The van der Waals surface area contributed by atoms with Gasteiger partial charge in [-0.15, -0.1) is 0 Å². The van der Waals surface area contributed by atoms with E-state index in [-0.39, 0.29) is 11.3 Å². The molecule has 0 atom stereocenters. The lowest BCUT2D eigenvalue weighted by Crippen LogP contribution is -2.11. The monoisotopic (exact) mass is 289 g/mol. The standard InChI is InChI=1S/C16H13F2NO2/c17-12-8-13(18)14(19)7-11(12)16(20)10-3-4-15-9(6-10)2-1-5-21-15/h3-4,6-8H,1-2,5,19H2. The maximum Gasteiger partial charge on any atom is 0.196 e. The molecule has 0 saturated carbocycles. The predicted octanol–water partition coefficient (Wildman–Crippen LogP) is 3.10. The Hall–Kier alpha value is -2.43. The van der Waals surface area contributed by atoms with Gasteiger partial charge in [0.05, 0.1) is 17.9 Å². The number of ether oxygens (including phenoxy) is 1. The molecule has 2 aromatic rings. The van der Waals surface area contributed by atoms with E-state index in [9.17, 15) is 13.6 Å². The van der Waals surface area contributed by atoms with Crippen molar-refractivity contribution in [3.05, 3.63) is 58.7 Å². The number of benzene rings is 2. The van der Waals surface area contributed by atoms with Crippen LogP contribution < -0.4 is 10.5 Å². The average Bonchev–Trinajstić information content (AvgIpc) is 2.50. The molecule has 0 bridgehead atoms. The lowest BCUT2D eigenvalue weighted by atomic mass is 9.97. The second-order valence-electron chi connectivity index (χ2n) is 4.96. The molecule has 2 aromatic carbocycles. The van der Waals surface area contributed by atoms with Gasteiger partial charge >= 0.3 is 0 Å². The van der Waals surface area contributed by atoms with Gasteiger partial charge in [-0.25, -0.2) is 8.78 Å². The minimum Gasteiger partial charge on any atom is -0.493 e. The minimum atomic E-state index is -0.916. The normalized spacial score (nSPS) is 13.4. The van der Waals surface area contributed by atoms with Crippen LogP contribution in [0.25, 0.3) is 0 Å². The third kappa shape index (κ3) is 2.46. The summed E-state index contributed by atoms with van der Waals surface area (Å²) in [6.45, 7) is 0.656. The first-order valence-electron chi connectivity index (χ1n) is 6.61. The Kier molecular flexibility index (Phi) is 3.33. The number of halogens is 2. The second kappa shape index (κ2) is 5.16. The number of aryl methyl sites for hydroxylation is 1. The molecule has 5 heteroatoms. The maximum absolute atomic E-state index is 13.8. The molecule has 1 aliphatic rings. The highest BCUT2D eigenvalue weighted by atomic mass is 19.1. The van der Waals surface area contributed by atoms with Gasteiger partial charge in [0.15, 0.2) is 5.78 Å². The van der Waals surface area contributed by atoms with Crippen LogP contribution in [0.15, 0.2) is 30.3 Å². The quantitative estimate of drug-likeness (QED) is 0.682. The number of hydrogen-bond acceptors (Lipinski definition) is 3. The summed E-state index contributed by atoms with van der Waals surface area (Å²) in [6.07, 6.45) is 1.69. The Bertz CT molecular complexity index is 728. The number of carbonyl (C=O) groups excluding carboxylic acids is 1. The number of anilines is 1. The number of nitrogens with two attached hydrogens (primary N) is 1. The first-order valence-corrected chi connectivity index (χ1v) is 6.61. The van der Waals surface area contributed by atoms with E-state index < -0.39 is 17.4 Å². The van der Waals surface area contributed by atoms with Crippen molar-refractivity contribution < 1.29 is 18.3 Å². The number of rotatable bonds is 2. The molecule has 0 aliphatic carbocycles. The summed E-state index contributed by atoms with van der Waals surface area (Å²) in [5, 5.41) is 0. The van der Waals surface area contributed by atoms with Crippen molar-refractivity contribution in [3.8, 4) is 5.75 Å². The van der Waals surface area contributed by atoms with E-state index in [4.69, 9.17) is 10.5 Å². The maximum atomic E-state index is 13.8. The molecule has 2 N–H and O–H groups in total. The van der Waals surface area contributed by atoms with E-state index in [1.165, 1.54) is 0 Å². The first kappa shape index (κ1) is 13.5. The van der Waals surface area contributed by atoms with Crippen molar-refractivity contribution >= 4 is 11.5 Å². The third-order valence-corrected chi connectivity index (χ3v) is 3.50. The molecule has 0 fully saturated rings. The van der Waals surface area contributed by atoms with Crippen molar-refractivity contribution in [1.82, 2.24) is 0 Å². The van der Waals surface area contributed by atoms with E-state index in [1.807, 2.05) is 0 Å². The lowest BCUT2D eigenvalue weighted by Gasteiger charge is -2.17. The summed E-state index contributed by atoms with van der Waals surface area (Å²) >= 11 is 0. The van der Waals surface area contributed by atoms with Crippen molar-refractivity contribution in [2.75, 3.05) is 12.3 Å². The van der Waals surface area contributed by atoms with Crippen LogP contribution in [0.2, 0.25) is 0 Å². The Labute approximate surface area is 120 Å². The van der Waals surface area contributed by atoms with Crippen LogP contribution in [0.4, 0.5) is 14.5 Å². The van der Waals surface area contributed by atoms with Crippen molar-refractivity contribution in [1.29, 1.82) is 0 Å². The van der Waals surface area contributed by atoms with Crippen LogP contribution in [0.1, 0.15) is 27.9 Å². The Morgan fingerprint density at radius 1 is 1.14 bits per heavy atom. The molecule has 0 spiro atoms. The Morgan fingerprint density at radius 3 is 2.76 bits per heavy atom. The summed E-state index contributed by atoms with van der Waals surface area (Å²) < 4.78 is 32.4. The molecular weight excluding hydrogens is 276 g/mol. The molecule has 108 valence electrons. The van der Waals surface area contributed by atoms with Crippen LogP contribution >= 0.6 is 0 Å². The molecule has 0 amide bonds. The van der Waals surface area contributed by atoms with Crippen molar-refractivity contribution in [2.45, 2.75) is 12.8 Å². The number of fused-ring (bicyclic) bond motifs is 1. The highest BCUT2D eigenvalue weighted by molar-refractivity contribution is 6.09. The largest absolute Gasteiger partial charge is 0.493 e. The zero-order valence-electron chi connectivity index (χ0n) is 11.2. The molecule has 3 rings (SSSR count). The third-order valence-electron chi connectivity index (χ3n) is 3.50. The molecular formula is C16H13F2NO2. The smallest absolute Gasteiger partial charge is 0.196 e. The van der Waals surface area contributed by atoms with Gasteiger partial charge < -0.3 is 10.5 Å². The van der Waals surface area contributed by atoms with Gasteiger partial charge in [0.25, 0.3) is 0 Å². The van der Waals surface area contributed by atoms with Gasteiger partial charge in [0.2, 0.25) is 0 Å². The number of nitrogen functional groups attached to an aromatic ring is 1. The SMILES string of the molecule is Nc1cc(C(=O)c2ccc3c(c2)CCCO3)c(F)cc1F. The highest BCUT2D eigenvalue weighted by Gasteiger charge is 2.19. The van der Waals surface area contributed by atoms with E-state index in [2.05, 4.69) is 0 Å². The molecule has 0 unspecified atom stereocenters. The number of ketones is 1. The molecule has 1 heterocycles. The number of hydrogen-bond donors (Lipinski definition) is 1. The predicted molar refractivity (Wildman–Crippen MR) is 74.5 cm³/mol. The van der Waals surface area contributed by atoms with Crippen molar-refractivity contribution in [3.63, 3.8) is 0 Å². The fourth-order valence-corrected chi connectivity index (χ4v) is 2.40. The van der Waals surface area contributed by atoms with E-state index in [1.54, 1.807) is 18.2 Å². The minimum absolute atomic E-state index is 0.231. The molecule has 0 radical (unpaired) electrons. The van der Waals surface area contributed by atoms with E-state index in [0.717, 1.165) is 30.2 Å². The van der Waals surface area contributed by atoms with Crippen LogP contribution in [0, 0.1) is 11.6 Å². The van der Waals surface area contributed by atoms with E-state index in [0.29, 0.717) is 18.2 Å². The number of carbonyl (C=O) groups is 1. The average molecular weight is 289 g/mol. The molecule has 0 aromatic heterocycles. The lowest BCUT2D eigenvalue weighted by molar-refractivity contribution is 0.103. The van der Waals surface area contributed by atoms with E-state index >= 15 is 0 Å². The van der Waals surface area contributed by atoms with Crippen molar-refractivity contribution in [2.24, 2.45) is 0 Å². The Morgan fingerprint density at radius 2 is 1.95 bits per heavy atom. The molecule has 1 aliphatic heterocycles. The fraction of sp³-hybridized carbons (Fsp3) is 0.188. The van der Waals surface area contributed by atoms with Gasteiger partial charge in [0, 0.05) is 11.6 Å². The summed E-state index contributed by atoms with van der Waals surface area (Å²) in [7, 11) is 0.